The van der Waals surface area contributed by atoms with Crippen LogP contribution in [0.5, 0.6) is 0 Å². The van der Waals surface area contributed by atoms with Crippen molar-refractivity contribution in [1.29, 1.82) is 0 Å². The van der Waals surface area contributed by atoms with Gasteiger partial charge >= 0.3 is 0 Å². The summed E-state index contributed by atoms with van der Waals surface area (Å²) in [7, 11) is 0. The van der Waals surface area contributed by atoms with E-state index in [4.69, 9.17) is 0 Å². The Morgan fingerprint density at radius 2 is 2.32 bits per heavy atom. The van der Waals surface area contributed by atoms with E-state index < -0.39 is 0 Å². The van der Waals surface area contributed by atoms with Crippen molar-refractivity contribution in [2.45, 2.75) is 51.5 Å². The van der Waals surface area contributed by atoms with Gasteiger partial charge in [-0.25, -0.2) is 0 Å². The molecule has 1 aliphatic rings. The quantitative estimate of drug-likeness (QED) is 0.647. The van der Waals surface area contributed by atoms with E-state index in [-0.39, 0.29) is 0 Å². The van der Waals surface area contributed by atoms with Gasteiger partial charge in [-0.1, -0.05) is 25.3 Å². The number of quaternary nitrogens is 1. The van der Waals surface area contributed by atoms with Gasteiger partial charge in [-0.05, 0) is 31.2 Å². The van der Waals surface area contributed by atoms with Crippen LogP contribution in [-0.2, 0) is 0 Å². The van der Waals surface area contributed by atoms with Crippen LogP contribution in [0.25, 0.3) is 0 Å². The Kier molecular flexibility index (Phi) is 5.91. The molecule has 2 nitrogen and oxygen atoms in total. The molecule has 102 valence electrons. The zero-order valence-corrected chi connectivity index (χ0v) is 12.0. The second-order valence-corrected chi connectivity index (χ2v) is 5.38. The Morgan fingerprint density at radius 1 is 1.37 bits per heavy atom. The van der Waals surface area contributed by atoms with Crippen molar-refractivity contribution in [3.05, 3.63) is 30.1 Å². The molecule has 0 saturated carbocycles. The number of aromatic nitrogens is 1. The molecule has 0 bridgehead atoms. The van der Waals surface area contributed by atoms with Crippen LogP contribution in [0.4, 0.5) is 0 Å². The summed E-state index contributed by atoms with van der Waals surface area (Å²) >= 11 is 0. The number of piperidine rings is 1. The van der Waals surface area contributed by atoms with E-state index in [0.29, 0.717) is 6.04 Å². The van der Waals surface area contributed by atoms with Gasteiger partial charge in [0.05, 0.1) is 6.54 Å². The third-order valence-electron chi connectivity index (χ3n) is 3.92. The molecule has 0 amide bonds. The van der Waals surface area contributed by atoms with Crippen molar-refractivity contribution in [2.24, 2.45) is 0 Å². The van der Waals surface area contributed by atoms with Crippen molar-refractivity contribution < 1.29 is 4.90 Å². The van der Waals surface area contributed by atoms with Crippen LogP contribution < -0.4 is 4.90 Å². The summed E-state index contributed by atoms with van der Waals surface area (Å²) in [4.78, 5) is 5.89. The number of hydrogen-bond donors (Lipinski definition) is 1. The summed E-state index contributed by atoms with van der Waals surface area (Å²) < 4.78 is 0. The maximum atomic E-state index is 4.27. The Labute approximate surface area is 117 Å². The zero-order valence-electron chi connectivity index (χ0n) is 12.0. The summed E-state index contributed by atoms with van der Waals surface area (Å²) in [5, 5.41) is 0. The molecular formula is C17H25N2+. The van der Waals surface area contributed by atoms with Gasteiger partial charge < -0.3 is 4.90 Å². The van der Waals surface area contributed by atoms with Gasteiger partial charge in [-0.2, -0.15) is 0 Å². The molecule has 1 unspecified atom stereocenters. The van der Waals surface area contributed by atoms with Crippen LogP contribution >= 0.6 is 0 Å². The van der Waals surface area contributed by atoms with Crippen LogP contribution in [0.2, 0.25) is 0 Å². The average molecular weight is 257 g/mol. The first-order chi connectivity index (χ1) is 9.42. The minimum atomic E-state index is 0.600. The smallest absolute Gasteiger partial charge is 0.139 e. The predicted molar refractivity (Wildman–Crippen MR) is 78.8 cm³/mol. The van der Waals surface area contributed by atoms with E-state index in [0.717, 1.165) is 13.0 Å². The van der Waals surface area contributed by atoms with E-state index in [1.807, 2.05) is 12.4 Å². The molecule has 2 rings (SSSR count). The van der Waals surface area contributed by atoms with Gasteiger partial charge in [0, 0.05) is 30.8 Å². The molecule has 1 N–H and O–H groups in total. The minimum absolute atomic E-state index is 0.600. The molecule has 1 aromatic heterocycles. The van der Waals surface area contributed by atoms with E-state index in [9.17, 15) is 0 Å². The molecule has 1 fully saturated rings. The molecule has 0 aliphatic carbocycles. The number of nitrogens with zero attached hydrogens (tertiary/aromatic N) is 1. The molecule has 0 spiro atoms. The molecule has 1 aromatic rings. The number of likely N-dealkylation sites (tertiary alicyclic amines) is 1. The molecule has 2 atom stereocenters. The molecule has 0 aromatic carbocycles. The summed E-state index contributed by atoms with van der Waals surface area (Å²) in [6, 6.07) is 4.87. The maximum Gasteiger partial charge on any atom is 0.139 e. The van der Waals surface area contributed by atoms with Crippen LogP contribution in [-0.4, -0.2) is 18.1 Å². The normalized spacial score (nSPS) is 22.6. The number of rotatable bonds is 4. The number of pyridine rings is 1. The van der Waals surface area contributed by atoms with E-state index in [1.165, 1.54) is 44.2 Å². The SMILES string of the molecule is CCCCC#CC[NH+]1CCCC[C@H]1c1cccnc1. The first kappa shape index (κ1) is 14.1. The molecule has 0 radical (unpaired) electrons. The molecule has 1 saturated heterocycles. The van der Waals surface area contributed by atoms with Crippen LogP contribution in [0, 0.1) is 11.8 Å². The molecule has 1 aliphatic heterocycles. The Morgan fingerprint density at radius 3 is 3.11 bits per heavy atom. The van der Waals surface area contributed by atoms with E-state index in [2.05, 4.69) is 35.9 Å². The van der Waals surface area contributed by atoms with Crippen molar-refractivity contribution in [3.8, 4) is 11.8 Å². The summed E-state index contributed by atoms with van der Waals surface area (Å²) in [5.74, 6) is 6.70. The zero-order chi connectivity index (χ0) is 13.3. The van der Waals surface area contributed by atoms with Crippen molar-refractivity contribution >= 4 is 0 Å². The van der Waals surface area contributed by atoms with E-state index in [1.54, 1.807) is 4.90 Å². The highest BCUT2D eigenvalue weighted by Crippen LogP contribution is 2.17. The topological polar surface area (TPSA) is 17.3 Å². The Bertz CT molecular complexity index is 416. The number of nitrogens with one attached hydrogen (secondary N) is 1. The molecular weight excluding hydrogens is 232 g/mol. The molecule has 2 heterocycles. The predicted octanol–water partition coefficient (Wildman–Crippen LogP) is 2.39. The van der Waals surface area contributed by atoms with Gasteiger partial charge in [0.2, 0.25) is 0 Å². The lowest BCUT2D eigenvalue weighted by Crippen LogP contribution is -3.13. The number of unbranched alkanes of at least 4 members (excludes halogenated alkanes) is 2. The fraction of sp³-hybridized carbons (Fsp3) is 0.588. The highest BCUT2D eigenvalue weighted by atomic mass is 15.2. The van der Waals surface area contributed by atoms with Crippen molar-refractivity contribution in [3.63, 3.8) is 0 Å². The Balaban J connectivity index is 1.94. The lowest BCUT2D eigenvalue weighted by molar-refractivity contribution is -0.930. The van der Waals surface area contributed by atoms with Crippen LogP contribution in [0.15, 0.2) is 24.5 Å². The number of hydrogen-bond acceptors (Lipinski definition) is 1. The molecule has 19 heavy (non-hydrogen) atoms. The summed E-state index contributed by atoms with van der Waals surface area (Å²) in [5.41, 5.74) is 1.38. The lowest BCUT2D eigenvalue weighted by atomic mass is 9.96. The third kappa shape index (κ3) is 4.36. The van der Waals surface area contributed by atoms with Gasteiger partial charge in [-0.3, -0.25) is 4.98 Å². The monoisotopic (exact) mass is 257 g/mol. The van der Waals surface area contributed by atoms with Crippen molar-refractivity contribution in [1.82, 2.24) is 4.98 Å². The van der Waals surface area contributed by atoms with Crippen LogP contribution in [0.3, 0.4) is 0 Å². The van der Waals surface area contributed by atoms with E-state index >= 15 is 0 Å². The standard InChI is InChI=1S/C17H24N2/c1-2-3-4-5-7-13-19-14-8-6-11-17(19)16-10-9-12-18-15-16/h9-10,12,15,17H,2-4,6,8,11,13-14H2,1H3/p+1/t17-/m0/s1. The first-order valence-electron chi connectivity index (χ1n) is 7.62. The van der Waals surface area contributed by atoms with Gasteiger partial charge in [0.25, 0.3) is 0 Å². The minimum Gasteiger partial charge on any atom is -0.319 e. The Hall–Kier alpha value is -1.33. The van der Waals surface area contributed by atoms with Crippen molar-refractivity contribution in [2.75, 3.05) is 13.1 Å². The fourth-order valence-corrected chi connectivity index (χ4v) is 2.80. The second kappa shape index (κ2) is 7.96. The van der Waals surface area contributed by atoms with Gasteiger partial charge in [-0.15, -0.1) is 0 Å². The fourth-order valence-electron chi connectivity index (χ4n) is 2.80. The van der Waals surface area contributed by atoms with Gasteiger partial charge in [0.1, 0.15) is 12.6 Å². The highest BCUT2D eigenvalue weighted by molar-refractivity contribution is 5.12. The first-order valence-corrected chi connectivity index (χ1v) is 7.62. The van der Waals surface area contributed by atoms with Gasteiger partial charge in [0.15, 0.2) is 0 Å². The second-order valence-electron chi connectivity index (χ2n) is 5.38. The van der Waals surface area contributed by atoms with Crippen LogP contribution in [0.1, 0.15) is 57.1 Å². The third-order valence-corrected chi connectivity index (χ3v) is 3.92. The lowest BCUT2D eigenvalue weighted by Gasteiger charge is -2.31. The maximum absolute atomic E-state index is 4.27. The largest absolute Gasteiger partial charge is 0.319 e. The summed E-state index contributed by atoms with van der Waals surface area (Å²) in [6.45, 7) is 4.46. The highest BCUT2D eigenvalue weighted by Gasteiger charge is 2.26. The molecule has 2 heteroatoms. The summed E-state index contributed by atoms with van der Waals surface area (Å²) in [6.07, 6.45) is 11.4. The average Bonchev–Trinajstić information content (AvgIpc) is 2.48.